The molecule has 8 heteroatoms. The zero-order valence-corrected chi connectivity index (χ0v) is 15.2. The second-order valence-corrected chi connectivity index (χ2v) is 7.82. The molecule has 132 valence electrons. The molecular formula is C17H18ClN3O3S. The molecule has 3 rings (SSSR count). The lowest BCUT2D eigenvalue weighted by Crippen LogP contribution is -2.47. The van der Waals surface area contributed by atoms with Crippen molar-refractivity contribution in [3.8, 4) is 0 Å². The second kappa shape index (κ2) is 6.93. The van der Waals surface area contributed by atoms with E-state index < -0.39 is 10.0 Å². The zero-order valence-electron chi connectivity index (χ0n) is 13.6. The van der Waals surface area contributed by atoms with E-state index in [1.807, 2.05) is 11.0 Å². The molecule has 0 spiro atoms. The van der Waals surface area contributed by atoms with Gasteiger partial charge in [-0.25, -0.2) is 8.42 Å². The molecule has 1 fully saturated rings. The predicted molar refractivity (Wildman–Crippen MR) is 98.7 cm³/mol. The van der Waals surface area contributed by atoms with Gasteiger partial charge in [0, 0.05) is 18.1 Å². The molecule has 1 amide bonds. The van der Waals surface area contributed by atoms with Gasteiger partial charge in [-0.15, -0.1) is 0 Å². The lowest BCUT2D eigenvalue weighted by molar-refractivity contribution is -0.120. The largest absolute Gasteiger partial charge is 0.359 e. The topological polar surface area (TPSA) is 78.5 Å². The lowest BCUT2D eigenvalue weighted by atomic mass is 10.2. The SMILES string of the molecule is Cc1c(Cl)cccc1S(=O)(=O)Nc1ccccc1N1CCNC(=O)C1. The molecule has 0 atom stereocenters. The fourth-order valence-corrected chi connectivity index (χ4v) is 4.33. The molecule has 0 bridgehead atoms. The first-order chi connectivity index (χ1) is 11.9. The van der Waals surface area contributed by atoms with Crippen molar-refractivity contribution in [2.75, 3.05) is 29.3 Å². The van der Waals surface area contributed by atoms with Crippen LogP contribution in [0.15, 0.2) is 47.4 Å². The highest BCUT2D eigenvalue weighted by Gasteiger charge is 2.23. The van der Waals surface area contributed by atoms with Crippen LogP contribution < -0.4 is 14.9 Å². The van der Waals surface area contributed by atoms with Gasteiger partial charge in [-0.3, -0.25) is 9.52 Å². The van der Waals surface area contributed by atoms with Crippen LogP contribution in [0.5, 0.6) is 0 Å². The normalized spacial score (nSPS) is 15.0. The van der Waals surface area contributed by atoms with Gasteiger partial charge in [0.05, 0.1) is 22.8 Å². The summed E-state index contributed by atoms with van der Waals surface area (Å²) in [5.74, 6) is -0.0883. The van der Waals surface area contributed by atoms with E-state index in [-0.39, 0.29) is 17.3 Å². The van der Waals surface area contributed by atoms with Crippen LogP contribution in [0.2, 0.25) is 5.02 Å². The Balaban J connectivity index is 1.95. The Morgan fingerprint density at radius 1 is 1.16 bits per heavy atom. The molecule has 25 heavy (non-hydrogen) atoms. The van der Waals surface area contributed by atoms with Crippen molar-refractivity contribution >= 4 is 38.9 Å². The second-order valence-electron chi connectivity index (χ2n) is 5.76. The first kappa shape index (κ1) is 17.6. The molecule has 2 N–H and O–H groups in total. The number of sulfonamides is 1. The molecule has 1 saturated heterocycles. The van der Waals surface area contributed by atoms with Crippen molar-refractivity contribution in [1.82, 2.24) is 5.32 Å². The van der Waals surface area contributed by atoms with Crippen LogP contribution in [0, 0.1) is 6.92 Å². The molecule has 0 aromatic heterocycles. The van der Waals surface area contributed by atoms with Crippen molar-refractivity contribution in [3.63, 3.8) is 0 Å². The van der Waals surface area contributed by atoms with Gasteiger partial charge in [-0.05, 0) is 36.8 Å². The van der Waals surface area contributed by atoms with Crippen LogP contribution in [0.4, 0.5) is 11.4 Å². The number of hydrogen-bond acceptors (Lipinski definition) is 4. The van der Waals surface area contributed by atoms with Crippen LogP contribution >= 0.6 is 11.6 Å². The monoisotopic (exact) mass is 379 g/mol. The highest BCUT2D eigenvalue weighted by molar-refractivity contribution is 7.92. The minimum Gasteiger partial charge on any atom is -0.359 e. The summed E-state index contributed by atoms with van der Waals surface area (Å²) >= 11 is 6.05. The number of para-hydroxylation sites is 2. The number of nitrogens with one attached hydrogen (secondary N) is 2. The Labute approximate surface area is 151 Å². The minimum atomic E-state index is -3.80. The van der Waals surface area contributed by atoms with Gasteiger partial charge in [0.15, 0.2) is 0 Å². The van der Waals surface area contributed by atoms with E-state index in [2.05, 4.69) is 10.0 Å². The van der Waals surface area contributed by atoms with E-state index in [9.17, 15) is 13.2 Å². The molecule has 6 nitrogen and oxygen atoms in total. The molecule has 1 heterocycles. The minimum absolute atomic E-state index is 0.0883. The first-order valence-electron chi connectivity index (χ1n) is 7.77. The average molecular weight is 380 g/mol. The predicted octanol–water partition coefficient (Wildman–Crippen LogP) is 2.39. The molecule has 1 aliphatic heterocycles. The number of piperazine rings is 1. The van der Waals surface area contributed by atoms with Crippen LogP contribution in [0.1, 0.15) is 5.56 Å². The number of benzene rings is 2. The van der Waals surface area contributed by atoms with Gasteiger partial charge in [-0.2, -0.15) is 0 Å². The Hall–Kier alpha value is -2.25. The Kier molecular flexibility index (Phi) is 4.87. The fraction of sp³-hybridized carbons (Fsp3) is 0.235. The molecule has 0 unspecified atom stereocenters. The molecule has 2 aromatic carbocycles. The maximum absolute atomic E-state index is 12.8. The van der Waals surface area contributed by atoms with Crippen molar-refractivity contribution in [3.05, 3.63) is 53.1 Å². The molecule has 2 aromatic rings. The summed E-state index contributed by atoms with van der Waals surface area (Å²) in [5, 5.41) is 3.15. The van der Waals surface area contributed by atoms with Crippen LogP contribution in [-0.2, 0) is 14.8 Å². The maximum atomic E-state index is 12.8. The summed E-state index contributed by atoms with van der Waals surface area (Å²) in [6.45, 7) is 2.99. The van der Waals surface area contributed by atoms with Crippen molar-refractivity contribution in [2.45, 2.75) is 11.8 Å². The van der Waals surface area contributed by atoms with Crippen LogP contribution in [-0.4, -0.2) is 34.0 Å². The number of rotatable bonds is 4. The molecule has 0 radical (unpaired) electrons. The Morgan fingerprint density at radius 2 is 1.92 bits per heavy atom. The number of amides is 1. The van der Waals surface area contributed by atoms with E-state index >= 15 is 0 Å². The smallest absolute Gasteiger partial charge is 0.262 e. The summed E-state index contributed by atoms with van der Waals surface area (Å²) in [7, 11) is -3.80. The van der Waals surface area contributed by atoms with Gasteiger partial charge < -0.3 is 10.2 Å². The van der Waals surface area contributed by atoms with E-state index in [1.54, 1.807) is 37.3 Å². The molecule has 1 aliphatic rings. The van der Waals surface area contributed by atoms with Gasteiger partial charge in [0.1, 0.15) is 0 Å². The highest BCUT2D eigenvalue weighted by Crippen LogP contribution is 2.30. The third kappa shape index (κ3) is 3.72. The number of carbonyl (C=O) groups excluding carboxylic acids is 1. The van der Waals surface area contributed by atoms with E-state index in [0.717, 1.165) is 0 Å². The van der Waals surface area contributed by atoms with Crippen LogP contribution in [0.3, 0.4) is 0 Å². The van der Waals surface area contributed by atoms with Crippen molar-refractivity contribution in [1.29, 1.82) is 0 Å². The molecule has 0 saturated carbocycles. The molecular weight excluding hydrogens is 362 g/mol. The van der Waals surface area contributed by atoms with E-state index in [4.69, 9.17) is 11.6 Å². The van der Waals surface area contributed by atoms with Crippen molar-refractivity contribution in [2.24, 2.45) is 0 Å². The fourth-order valence-electron chi connectivity index (χ4n) is 2.76. The summed E-state index contributed by atoms with van der Waals surface area (Å²) in [5.41, 5.74) is 1.59. The van der Waals surface area contributed by atoms with Gasteiger partial charge >= 0.3 is 0 Å². The quantitative estimate of drug-likeness (QED) is 0.854. The third-order valence-corrected chi connectivity index (χ3v) is 5.95. The zero-order chi connectivity index (χ0) is 18.0. The standard InChI is InChI=1S/C17H18ClN3O3S/c1-12-13(18)5-4-8-16(12)25(23,24)20-14-6-2-3-7-15(14)21-10-9-19-17(22)11-21/h2-8,20H,9-11H2,1H3,(H,19,22). The number of halogens is 1. The number of hydrogen-bond donors (Lipinski definition) is 2. The lowest BCUT2D eigenvalue weighted by Gasteiger charge is -2.30. The first-order valence-corrected chi connectivity index (χ1v) is 9.63. The van der Waals surface area contributed by atoms with E-state index in [0.29, 0.717) is 35.1 Å². The highest BCUT2D eigenvalue weighted by atomic mass is 35.5. The molecule has 0 aliphatic carbocycles. The Morgan fingerprint density at radius 3 is 2.68 bits per heavy atom. The maximum Gasteiger partial charge on any atom is 0.262 e. The summed E-state index contributed by atoms with van der Waals surface area (Å²) in [6, 6.07) is 11.8. The third-order valence-electron chi connectivity index (χ3n) is 4.03. The average Bonchev–Trinajstić information content (AvgIpc) is 2.57. The van der Waals surface area contributed by atoms with E-state index in [1.165, 1.54) is 6.07 Å². The van der Waals surface area contributed by atoms with Gasteiger partial charge in [-0.1, -0.05) is 29.8 Å². The van der Waals surface area contributed by atoms with Crippen molar-refractivity contribution < 1.29 is 13.2 Å². The number of anilines is 2. The Bertz CT molecular complexity index is 915. The summed E-state index contributed by atoms with van der Waals surface area (Å²) < 4.78 is 28.2. The van der Waals surface area contributed by atoms with Gasteiger partial charge in [0.2, 0.25) is 5.91 Å². The van der Waals surface area contributed by atoms with Crippen LogP contribution in [0.25, 0.3) is 0 Å². The van der Waals surface area contributed by atoms with Gasteiger partial charge in [0.25, 0.3) is 10.0 Å². The number of nitrogens with zero attached hydrogens (tertiary/aromatic N) is 1. The summed E-state index contributed by atoms with van der Waals surface area (Å²) in [4.78, 5) is 13.6. The number of carbonyl (C=O) groups is 1. The summed E-state index contributed by atoms with van der Waals surface area (Å²) in [6.07, 6.45) is 0.